The van der Waals surface area contributed by atoms with Crippen LogP contribution in [0.5, 0.6) is 0 Å². The van der Waals surface area contributed by atoms with Crippen molar-refractivity contribution in [3.8, 4) is 0 Å². The second-order valence-corrected chi connectivity index (χ2v) is 13.7. The molecule has 0 atom stereocenters. The van der Waals surface area contributed by atoms with Crippen molar-refractivity contribution in [1.82, 2.24) is 14.4 Å². The van der Waals surface area contributed by atoms with E-state index in [2.05, 4.69) is 52.1 Å². The van der Waals surface area contributed by atoms with Gasteiger partial charge in [0.25, 0.3) is 0 Å². The zero-order chi connectivity index (χ0) is 28.2. The van der Waals surface area contributed by atoms with Crippen LogP contribution in [0.4, 0.5) is 0 Å². The van der Waals surface area contributed by atoms with Crippen molar-refractivity contribution in [2.45, 2.75) is 96.2 Å². The van der Waals surface area contributed by atoms with E-state index in [0.717, 1.165) is 50.8 Å². The van der Waals surface area contributed by atoms with Crippen LogP contribution in [0.2, 0.25) is 0 Å². The van der Waals surface area contributed by atoms with Crippen molar-refractivity contribution < 1.29 is 14.3 Å². The molecule has 4 bridgehead atoms. The third-order valence-electron chi connectivity index (χ3n) is 10.7. The molecular weight excluding hydrogens is 510 g/mol. The molecule has 0 spiro atoms. The molecule has 0 radical (unpaired) electrons. The number of aromatic nitrogens is 1. The summed E-state index contributed by atoms with van der Waals surface area (Å²) in [6, 6.07) is 15.0. The van der Waals surface area contributed by atoms with Gasteiger partial charge in [-0.2, -0.15) is 0 Å². The summed E-state index contributed by atoms with van der Waals surface area (Å²) in [5.74, 6) is 2.49. The molecule has 5 fully saturated rings. The topological polar surface area (TPSA) is 54.8 Å². The number of nitrogens with zero attached hydrogens (tertiary/aromatic N) is 3. The van der Waals surface area contributed by atoms with E-state index in [4.69, 9.17) is 4.74 Å². The minimum absolute atomic E-state index is 0.111. The normalized spacial score (nSPS) is 27.2. The number of benzene rings is 1. The van der Waals surface area contributed by atoms with Gasteiger partial charge in [-0.25, -0.2) is 0 Å². The van der Waals surface area contributed by atoms with Gasteiger partial charge in [0.2, 0.25) is 11.8 Å². The van der Waals surface area contributed by atoms with Crippen LogP contribution in [0.25, 0.3) is 0 Å². The van der Waals surface area contributed by atoms with Gasteiger partial charge in [-0.3, -0.25) is 9.59 Å². The lowest BCUT2D eigenvalue weighted by atomic mass is 9.49. The Hall–Kier alpha value is -2.60. The third kappa shape index (κ3) is 6.43. The molecule has 2 aromatic rings. The Morgan fingerprint density at radius 2 is 1.61 bits per heavy atom. The Kier molecular flexibility index (Phi) is 8.85. The van der Waals surface area contributed by atoms with Crippen molar-refractivity contribution in [3.05, 3.63) is 59.9 Å². The van der Waals surface area contributed by atoms with Gasteiger partial charge in [0, 0.05) is 44.7 Å². The summed E-state index contributed by atoms with van der Waals surface area (Å²) < 4.78 is 7.64. The van der Waals surface area contributed by atoms with Crippen LogP contribution in [-0.4, -0.2) is 59.0 Å². The van der Waals surface area contributed by atoms with Gasteiger partial charge < -0.3 is 19.1 Å². The Balaban J connectivity index is 1.21. The molecule has 5 aliphatic rings. The van der Waals surface area contributed by atoms with E-state index in [-0.39, 0.29) is 29.8 Å². The minimum atomic E-state index is -0.234. The average Bonchev–Trinajstić information content (AvgIpc) is 3.41. The molecule has 5 aliphatic carbocycles. The summed E-state index contributed by atoms with van der Waals surface area (Å²) in [6.07, 6.45) is 15.6. The summed E-state index contributed by atoms with van der Waals surface area (Å²) >= 11 is 0. The highest BCUT2D eigenvalue weighted by Gasteiger charge is 2.55. The molecule has 2 amide bonds. The second kappa shape index (κ2) is 12.7. The first-order valence-electron chi connectivity index (χ1n) is 16.3. The van der Waals surface area contributed by atoms with Gasteiger partial charge in [-0.1, -0.05) is 49.6 Å². The van der Waals surface area contributed by atoms with Gasteiger partial charge in [0.15, 0.2) is 0 Å². The van der Waals surface area contributed by atoms with Gasteiger partial charge in [0.1, 0.15) is 0 Å². The number of carbonyl (C=O) groups is 2. The van der Waals surface area contributed by atoms with Gasteiger partial charge in [0.05, 0.1) is 18.5 Å². The third-order valence-corrected chi connectivity index (χ3v) is 10.7. The lowest BCUT2D eigenvalue weighted by Crippen LogP contribution is -2.56. The summed E-state index contributed by atoms with van der Waals surface area (Å²) in [4.78, 5) is 32.8. The molecule has 6 nitrogen and oxygen atoms in total. The quantitative estimate of drug-likeness (QED) is 0.288. The number of methoxy groups -OCH3 is 1. The molecule has 1 aromatic heterocycles. The second-order valence-electron chi connectivity index (χ2n) is 13.7. The Morgan fingerprint density at radius 1 is 0.927 bits per heavy atom. The molecule has 1 heterocycles. The maximum atomic E-state index is 14.4. The zero-order valence-electron chi connectivity index (χ0n) is 25.0. The molecule has 6 heteroatoms. The van der Waals surface area contributed by atoms with Crippen LogP contribution in [-0.2, 0) is 27.4 Å². The van der Waals surface area contributed by atoms with E-state index in [9.17, 15) is 9.59 Å². The monoisotopic (exact) mass is 559 g/mol. The first-order valence-corrected chi connectivity index (χ1v) is 16.3. The number of carbonyl (C=O) groups excluding carboxylic acids is 2. The molecule has 5 saturated carbocycles. The van der Waals surface area contributed by atoms with Crippen LogP contribution < -0.4 is 0 Å². The fourth-order valence-electron chi connectivity index (χ4n) is 9.13. The molecule has 41 heavy (non-hydrogen) atoms. The number of ether oxygens (including phenoxy) is 1. The lowest BCUT2D eigenvalue weighted by Gasteiger charge is -2.56. The highest BCUT2D eigenvalue weighted by atomic mass is 16.5. The van der Waals surface area contributed by atoms with Gasteiger partial charge in [-0.15, -0.1) is 0 Å². The number of rotatable bonds is 12. The van der Waals surface area contributed by atoms with E-state index in [1.54, 1.807) is 7.11 Å². The first kappa shape index (κ1) is 28.5. The van der Waals surface area contributed by atoms with Gasteiger partial charge in [-0.05, 0) is 93.2 Å². The Bertz CT molecular complexity index is 1130. The molecule has 1 aromatic carbocycles. The zero-order valence-corrected chi connectivity index (χ0v) is 25.0. The average molecular weight is 560 g/mol. The highest BCUT2D eigenvalue weighted by molar-refractivity contribution is 5.88. The van der Waals surface area contributed by atoms with Crippen LogP contribution in [0, 0.1) is 23.2 Å². The summed E-state index contributed by atoms with van der Waals surface area (Å²) in [5, 5.41) is 0. The van der Waals surface area contributed by atoms with Crippen molar-refractivity contribution in [1.29, 1.82) is 0 Å². The van der Waals surface area contributed by atoms with E-state index < -0.39 is 0 Å². The van der Waals surface area contributed by atoms with Crippen molar-refractivity contribution in [2.75, 3.05) is 26.8 Å². The number of amides is 2. The molecule has 0 aliphatic heterocycles. The minimum Gasteiger partial charge on any atom is -0.385 e. The highest BCUT2D eigenvalue weighted by Crippen LogP contribution is 2.60. The lowest BCUT2D eigenvalue weighted by molar-refractivity contribution is -0.161. The predicted molar refractivity (Wildman–Crippen MR) is 161 cm³/mol. The molecule has 0 saturated heterocycles. The summed E-state index contributed by atoms with van der Waals surface area (Å²) in [7, 11) is 1.71. The van der Waals surface area contributed by atoms with Crippen LogP contribution in [0.15, 0.2) is 48.7 Å². The Morgan fingerprint density at radius 3 is 2.27 bits per heavy atom. The van der Waals surface area contributed by atoms with Crippen molar-refractivity contribution in [3.63, 3.8) is 0 Å². The predicted octanol–water partition coefficient (Wildman–Crippen LogP) is 6.28. The van der Waals surface area contributed by atoms with Crippen LogP contribution in [0.3, 0.4) is 0 Å². The number of hydrogen-bond acceptors (Lipinski definition) is 3. The molecule has 0 unspecified atom stereocenters. The van der Waals surface area contributed by atoms with Crippen LogP contribution >= 0.6 is 0 Å². The molecule has 0 N–H and O–H groups in total. The van der Waals surface area contributed by atoms with E-state index >= 15 is 0 Å². The standard InChI is InChI=1S/C35H49N3O3/c1-41-17-9-16-37(34(40)35-21-28-18-29(22-35)20-30(19-28)23-35)26-33(39)38(31-12-6-3-7-13-31)25-32-14-8-15-36(32)24-27-10-4-2-5-11-27/h2,4-5,8,10-11,14-15,28-31H,3,6-7,9,12-13,16-26H2,1H3. The van der Waals surface area contributed by atoms with Crippen LogP contribution in [0.1, 0.15) is 88.3 Å². The van der Waals surface area contributed by atoms with Crippen molar-refractivity contribution in [2.24, 2.45) is 23.2 Å². The SMILES string of the molecule is COCCCN(CC(=O)N(Cc1cccn1Cc1ccccc1)C1CCCCC1)C(=O)C12CC3CC(CC(C3)C1)C2. The van der Waals surface area contributed by atoms with E-state index in [1.807, 2.05) is 11.0 Å². The summed E-state index contributed by atoms with van der Waals surface area (Å²) in [6.45, 7) is 2.80. The smallest absolute Gasteiger partial charge is 0.242 e. The largest absolute Gasteiger partial charge is 0.385 e. The maximum Gasteiger partial charge on any atom is 0.242 e. The fourth-order valence-corrected chi connectivity index (χ4v) is 9.13. The molecular formula is C35H49N3O3. The molecule has 222 valence electrons. The fraction of sp³-hybridized carbons (Fsp3) is 0.657. The Labute approximate surface area is 246 Å². The van der Waals surface area contributed by atoms with Crippen molar-refractivity contribution >= 4 is 11.8 Å². The van der Waals surface area contributed by atoms with E-state index in [0.29, 0.717) is 37.5 Å². The maximum absolute atomic E-state index is 14.4. The first-order chi connectivity index (χ1) is 20.0. The van der Waals surface area contributed by atoms with E-state index in [1.165, 1.54) is 44.1 Å². The summed E-state index contributed by atoms with van der Waals surface area (Å²) in [5.41, 5.74) is 2.18. The number of hydrogen-bond donors (Lipinski definition) is 0. The van der Waals surface area contributed by atoms with Gasteiger partial charge >= 0.3 is 0 Å². The molecule has 7 rings (SSSR count).